The second-order valence-corrected chi connectivity index (χ2v) is 8.70. The molecule has 0 aliphatic carbocycles. The highest BCUT2D eigenvalue weighted by molar-refractivity contribution is 6.09. The summed E-state index contributed by atoms with van der Waals surface area (Å²) >= 11 is 0. The number of hydrogen-bond donors (Lipinski definition) is 0. The number of rotatable bonds is 8. The molecule has 4 nitrogen and oxygen atoms in total. The third-order valence-electron chi connectivity index (χ3n) is 6.68. The van der Waals surface area contributed by atoms with Gasteiger partial charge in [-0.1, -0.05) is 31.2 Å². The molecule has 1 aromatic rings. The standard InChI is InChI=1S/C25H40N4/c1-5-23(24-11-9-10-22(18-24)20-27(4)6-2)19-26-21(3)28-16-12-25(13-17-28)29-14-7-8-15-29/h5,9-11,18-19,21,25H,6-8,12-17,20H2,1-4H3/b23-5+,26-19-. The predicted octanol–water partition coefficient (Wildman–Crippen LogP) is 4.52. The summed E-state index contributed by atoms with van der Waals surface area (Å²) in [5, 5.41) is 0. The Morgan fingerprint density at radius 1 is 1.21 bits per heavy atom. The first-order valence-electron chi connectivity index (χ1n) is 11.6. The normalized spacial score (nSPS) is 21.5. The van der Waals surface area contributed by atoms with Crippen LogP contribution in [0.5, 0.6) is 0 Å². The number of hydrogen-bond acceptors (Lipinski definition) is 4. The molecular formula is C25H40N4. The van der Waals surface area contributed by atoms with Gasteiger partial charge in [0.25, 0.3) is 0 Å². The summed E-state index contributed by atoms with van der Waals surface area (Å²) in [6, 6.07) is 9.69. The third-order valence-corrected chi connectivity index (χ3v) is 6.68. The summed E-state index contributed by atoms with van der Waals surface area (Å²) in [5.41, 5.74) is 3.83. The van der Waals surface area contributed by atoms with Crippen LogP contribution in [-0.4, -0.2) is 72.9 Å². The molecule has 0 N–H and O–H groups in total. The number of likely N-dealkylation sites (tertiary alicyclic amines) is 2. The topological polar surface area (TPSA) is 22.1 Å². The molecule has 0 bridgehead atoms. The van der Waals surface area contributed by atoms with E-state index in [0.717, 1.165) is 19.1 Å². The van der Waals surface area contributed by atoms with Gasteiger partial charge < -0.3 is 9.80 Å². The SMILES string of the molecule is C/C=C(\C=N/C(C)N1CCC(N2CCCC2)CC1)c1cccc(CN(C)CC)c1. The molecule has 3 rings (SSSR count). The fourth-order valence-electron chi connectivity index (χ4n) is 4.60. The number of piperidine rings is 1. The Balaban J connectivity index is 1.56. The van der Waals surface area contributed by atoms with E-state index in [9.17, 15) is 0 Å². The highest BCUT2D eigenvalue weighted by Crippen LogP contribution is 2.23. The van der Waals surface area contributed by atoms with Crippen molar-refractivity contribution in [1.29, 1.82) is 0 Å². The average Bonchev–Trinajstić information content (AvgIpc) is 3.29. The molecular weight excluding hydrogens is 356 g/mol. The van der Waals surface area contributed by atoms with E-state index in [2.05, 4.69) is 79.1 Å². The maximum Gasteiger partial charge on any atom is 0.0990 e. The lowest BCUT2D eigenvalue weighted by Gasteiger charge is -2.38. The number of allylic oxidation sites excluding steroid dienone is 2. The van der Waals surface area contributed by atoms with E-state index in [0.29, 0.717) is 0 Å². The van der Waals surface area contributed by atoms with Crippen molar-refractivity contribution in [2.45, 2.75) is 65.2 Å². The Bertz CT molecular complexity index is 682. The van der Waals surface area contributed by atoms with Crippen molar-refractivity contribution in [3.63, 3.8) is 0 Å². The molecule has 29 heavy (non-hydrogen) atoms. The quantitative estimate of drug-likeness (QED) is 0.603. The van der Waals surface area contributed by atoms with Gasteiger partial charge in [-0.25, -0.2) is 0 Å². The van der Waals surface area contributed by atoms with Gasteiger partial charge in [-0.2, -0.15) is 0 Å². The molecule has 2 fully saturated rings. The molecule has 0 saturated carbocycles. The van der Waals surface area contributed by atoms with Crippen molar-refractivity contribution in [2.24, 2.45) is 4.99 Å². The molecule has 2 heterocycles. The predicted molar refractivity (Wildman–Crippen MR) is 125 cm³/mol. The van der Waals surface area contributed by atoms with E-state index in [1.165, 1.54) is 68.6 Å². The zero-order valence-electron chi connectivity index (χ0n) is 19.0. The molecule has 0 aromatic heterocycles. The van der Waals surface area contributed by atoms with E-state index in [1.807, 2.05) is 0 Å². The molecule has 0 spiro atoms. The van der Waals surface area contributed by atoms with Gasteiger partial charge in [0.15, 0.2) is 0 Å². The highest BCUT2D eigenvalue weighted by atomic mass is 15.3. The lowest BCUT2D eigenvalue weighted by molar-refractivity contribution is 0.104. The lowest BCUT2D eigenvalue weighted by Crippen LogP contribution is -2.46. The minimum absolute atomic E-state index is 0.249. The fraction of sp³-hybridized carbons (Fsp3) is 0.640. The van der Waals surface area contributed by atoms with E-state index < -0.39 is 0 Å². The van der Waals surface area contributed by atoms with Crippen LogP contribution in [0.3, 0.4) is 0 Å². The van der Waals surface area contributed by atoms with Gasteiger partial charge in [0, 0.05) is 31.9 Å². The molecule has 4 heteroatoms. The fourth-order valence-corrected chi connectivity index (χ4v) is 4.60. The van der Waals surface area contributed by atoms with E-state index in [1.54, 1.807) is 0 Å². The molecule has 1 atom stereocenters. The Morgan fingerprint density at radius 3 is 2.59 bits per heavy atom. The summed E-state index contributed by atoms with van der Waals surface area (Å²) < 4.78 is 0. The van der Waals surface area contributed by atoms with Gasteiger partial charge in [-0.3, -0.25) is 9.89 Å². The number of benzene rings is 1. The van der Waals surface area contributed by atoms with Crippen LogP contribution in [-0.2, 0) is 6.54 Å². The van der Waals surface area contributed by atoms with Crippen LogP contribution in [0.2, 0.25) is 0 Å². The maximum atomic E-state index is 4.93. The Morgan fingerprint density at radius 2 is 1.93 bits per heavy atom. The Hall–Kier alpha value is -1.49. The molecule has 1 unspecified atom stereocenters. The Kier molecular flexibility index (Phi) is 8.46. The second-order valence-electron chi connectivity index (χ2n) is 8.70. The van der Waals surface area contributed by atoms with Crippen molar-refractivity contribution >= 4 is 11.8 Å². The summed E-state index contributed by atoms with van der Waals surface area (Å²) in [7, 11) is 2.17. The van der Waals surface area contributed by atoms with Crippen LogP contribution in [0, 0.1) is 0 Å². The molecule has 0 amide bonds. The molecule has 160 valence electrons. The number of nitrogens with zero attached hydrogens (tertiary/aromatic N) is 4. The van der Waals surface area contributed by atoms with Crippen LogP contribution < -0.4 is 0 Å². The first-order valence-corrected chi connectivity index (χ1v) is 11.6. The van der Waals surface area contributed by atoms with Gasteiger partial charge >= 0.3 is 0 Å². The van der Waals surface area contributed by atoms with Gasteiger partial charge in [-0.05, 0) is 89.0 Å². The first kappa shape index (κ1) is 22.2. The van der Waals surface area contributed by atoms with Gasteiger partial charge in [0.2, 0.25) is 0 Å². The van der Waals surface area contributed by atoms with Crippen molar-refractivity contribution < 1.29 is 0 Å². The van der Waals surface area contributed by atoms with E-state index in [-0.39, 0.29) is 6.17 Å². The molecule has 2 aliphatic rings. The van der Waals surface area contributed by atoms with Crippen molar-refractivity contribution in [1.82, 2.24) is 14.7 Å². The van der Waals surface area contributed by atoms with E-state index >= 15 is 0 Å². The smallest absolute Gasteiger partial charge is 0.0990 e. The zero-order chi connectivity index (χ0) is 20.6. The summed E-state index contributed by atoms with van der Waals surface area (Å²) in [6.45, 7) is 13.6. The molecule has 0 radical (unpaired) electrons. The first-order chi connectivity index (χ1) is 14.1. The van der Waals surface area contributed by atoms with Crippen LogP contribution >= 0.6 is 0 Å². The molecule has 2 aliphatic heterocycles. The summed E-state index contributed by atoms with van der Waals surface area (Å²) in [6.07, 6.45) is 9.88. The van der Waals surface area contributed by atoms with Crippen LogP contribution in [0.4, 0.5) is 0 Å². The lowest BCUT2D eigenvalue weighted by atomic mass is 10.0. The monoisotopic (exact) mass is 396 g/mol. The van der Waals surface area contributed by atoms with Crippen molar-refractivity contribution in [3.8, 4) is 0 Å². The summed E-state index contributed by atoms with van der Waals surface area (Å²) in [4.78, 5) is 12.5. The van der Waals surface area contributed by atoms with Crippen molar-refractivity contribution in [2.75, 3.05) is 39.8 Å². The van der Waals surface area contributed by atoms with Gasteiger partial charge in [-0.15, -0.1) is 0 Å². The Labute approximate surface area is 178 Å². The average molecular weight is 397 g/mol. The largest absolute Gasteiger partial charge is 0.302 e. The van der Waals surface area contributed by atoms with Crippen LogP contribution in [0.15, 0.2) is 35.3 Å². The van der Waals surface area contributed by atoms with Gasteiger partial charge in [0.1, 0.15) is 0 Å². The highest BCUT2D eigenvalue weighted by Gasteiger charge is 2.27. The minimum Gasteiger partial charge on any atom is -0.302 e. The second kappa shape index (κ2) is 11.1. The molecule has 2 saturated heterocycles. The molecule has 1 aromatic carbocycles. The zero-order valence-corrected chi connectivity index (χ0v) is 19.0. The van der Waals surface area contributed by atoms with Crippen molar-refractivity contribution in [3.05, 3.63) is 41.5 Å². The van der Waals surface area contributed by atoms with E-state index in [4.69, 9.17) is 4.99 Å². The van der Waals surface area contributed by atoms with Crippen LogP contribution in [0.1, 0.15) is 57.6 Å². The maximum absolute atomic E-state index is 4.93. The van der Waals surface area contributed by atoms with Gasteiger partial charge in [0.05, 0.1) is 6.17 Å². The number of aliphatic imine (C=N–C) groups is 1. The van der Waals surface area contributed by atoms with Crippen LogP contribution in [0.25, 0.3) is 5.57 Å². The minimum atomic E-state index is 0.249. The summed E-state index contributed by atoms with van der Waals surface area (Å²) in [5.74, 6) is 0. The third kappa shape index (κ3) is 6.24.